The van der Waals surface area contributed by atoms with Crippen molar-refractivity contribution in [1.29, 1.82) is 0 Å². The van der Waals surface area contributed by atoms with Gasteiger partial charge in [-0.3, -0.25) is 4.79 Å². The topological polar surface area (TPSA) is 110 Å². The summed E-state index contributed by atoms with van der Waals surface area (Å²) in [6, 6.07) is 9.30. The summed E-state index contributed by atoms with van der Waals surface area (Å²) in [7, 11) is 1.56. The zero-order valence-electron chi connectivity index (χ0n) is 18.6. The van der Waals surface area contributed by atoms with Crippen molar-refractivity contribution in [3.63, 3.8) is 0 Å². The summed E-state index contributed by atoms with van der Waals surface area (Å²) in [6.07, 6.45) is -0.544. The molecule has 0 aliphatic rings. The van der Waals surface area contributed by atoms with E-state index in [1.54, 1.807) is 27.8 Å². The van der Waals surface area contributed by atoms with Crippen molar-refractivity contribution in [3.8, 4) is 11.4 Å². The fraction of sp³-hybridized carbons (Fsp3) is 0.524. The van der Waals surface area contributed by atoms with Gasteiger partial charge in [0, 0.05) is 24.7 Å². The average Bonchev–Trinajstić information content (AvgIpc) is 2.64. The first kappa shape index (κ1) is 23.2. The lowest BCUT2D eigenvalue weighted by Gasteiger charge is -2.28. The Morgan fingerprint density at radius 2 is 1.57 bits per heavy atom. The molecule has 0 aliphatic heterocycles. The Balaban J connectivity index is 2.27. The molecule has 0 saturated carbocycles. The van der Waals surface area contributed by atoms with Crippen molar-refractivity contribution in [2.45, 2.75) is 58.6 Å². The highest BCUT2D eigenvalue weighted by Gasteiger charge is 2.31. The summed E-state index contributed by atoms with van der Waals surface area (Å²) in [5.41, 5.74) is -0.346. The van der Waals surface area contributed by atoms with E-state index in [4.69, 9.17) is 4.74 Å². The molecule has 0 fully saturated rings. The Labute approximate surface area is 177 Å². The largest absolute Gasteiger partial charge is 0.444 e. The number of hydrogen-bond donors (Lipinski definition) is 1. The van der Waals surface area contributed by atoms with E-state index in [9.17, 15) is 9.59 Å². The summed E-state index contributed by atoms with van der Waals surface area (Å²) < 4.78 is 5.38. The molecule has 1 heterocycles. The van der Waals surface area contributed by atoms with Crippen LogP contribution in [0.2, 0.25) is 0 Å². The fourth-order valence-electron chi connectivity index (χ4n) is 2.51. The van der Waals surface area contributed by atoms with Gasteiger partial charge >= 0.3 is 6.09 Å². The summed E-state index contributed by atoms with van der Waals surface area (Å²) in [5, 5.41) is 19.4. The standard InChI is InChI=1S/C21H30N6O3/c1-20(2,3)22-18(28)15(13-27(7)19(29)30-21(4,5)6)17-25-23-16(24-26-17)14-11-9-8-10-12-14/h8-12,15H,13H2,1-7H3,(H,22,28). The lowest BCUT2D eigenvalue weighted by molar-refractivity contribution is -0.124. The van der Waals surface area contributed by atoms with E-state index < -0.39 is 23.2 Å². The third kappa shape index (κ3) is 7.06. The highest BCUT2D eigenvalue weighted by atomic mass is 16.6. The number of nitrogens with one attached hydrogen (secondary N) is 1. The fourth-order valence-corrected chi connectivity index (χ4v) is 2.51. The predicted molar refractivity (Wildman–Crippen MR) is 113 cm³/mol. The second-order valence-corrected chi connectivity index (χ2v) is 9.10. The Bertz CT molecular complexity index is 857. The van der Waals surface area contributed by atoms with Gasteiger partial charge in [0.15, 0.2) is 5.82 Å². The van der Waals surface area contributed by atoms with Crippen LogP contribution < -0.4 is 5.32 Å². The first-order valence-electron chi connectivity index (χ1n) is 9.74. The summed E-state index contributed by atoms with van der Waals surface area (Å²) >= 11 is 0. The molecule has 2 aromatic rings. The molecule has 1 aromatic carbocycles. The number of aromatic nitrogens is 4. The number of carbonyl (C=O) groups excluding carboxylic acids is 2. The predicted octanol–water partition coefficient (Wildman–Crippen LogP) is 2.80. The van der Waals surface area contributed by atoms with Gasteiger partial charge < -0.3 is 15.0 Å². The lowest BCUT2D eigenvalue weighted by atomic mass is 10.0. The molecule has 2 rings (SSSR count). The molecule has 2 amide bonds. The molecular formula is C21H30N6O3. The maximum Gasteiger partial charge on any atom is 0.410 e. The first-order valence-corrected chi connectivity index (χ1v) is 9.74. The van der Waals surface area contributed by atoms with Crippen molar-refractivity contribution in [3.05, 3.63) is 36.2 Å². The Morgan fingerprint density at radius 1 is 1.00 bits per heavy atom. The van der Waals surface area contributed by atoms with Gasteiger partial charge in [-0.05, 0) is 41.5 Å². The smallest absolute Gasteiger partial charge is 0.410 e. The minimum absolute atomic E-state index is 0.0187. The number of amides is 2. The third-order valence-corrected chi connectivity index (χ3v) is 3.81. The minimum atomic E-state index is -0.855. The van der Waals surface area contributed by atoms with Crippen LogP contribution in [0.3, 0.4) is 0 Å². The molecule has 1 N–H and O–H groups in total. The van der Waals surface area contributed by atoms with Crippen molar-refractivity contribution in [2.75, 3.05) is 13.6 Å². The van der Waals surface area contributed by atoms with Gasteiger partial charge in [-0.25, -0.2) is 4.79 Å². The Kier molecular flexibility index (Phi) is 7.07. The highest BCUT2D eigenvalue weighted by molar-refractivity contribution is 5.84. The zero-order chi connectivity index (χ0) is 22.5. The van der Waals surface area contributed by atoms with Crippen LogP contribution in [-0.4, -0.2) is 62.0 Å². The SMILES string of the molecule is CN(CC(C(=O)NC(C)(C)C)c1nnc(-c2ccccc2)nn1)C(=O)OC(C)(C)C. The van der Waals surface area contributed by atoms with Gasteiger partial charge in [0.2, 0.25) is 11.7 Å². The molecule has 0 saturated heterocycles. The van der Waals surface area contributed by atoms with Crippen LogP contribution in [-0.2, 0) is 9.53 Å². The van der Waals surface area contributed by atoms with Gasteiger partial charge in [0.25, 0.3) is 0 Å². The zero-order valence-corrected chi connectivity index (χ0v) is 18.6. The molecule has 9 heteroatoms. The quantitative estimate of drug-likeness (QED) is 0.801. The van der Waals surface area contributed by atoms with E-state index in [-0.39, 0.29) is 18.3 Å². The van der Waals surface area contributed by atoms with Gasteiger partial charge in [-0.2, -0.15) is 0 Å². The molecule has 0 spiro atoms. The van der Waals surface area contributed by atoms with Gasteiger partial charge in [-0.15, -0.1) is 20.4 Å². The van der Waals surface area contributed by atoms with Gasteiger partial charge in [-0.1, -0.05) is 30.3 Å². The number of likely N-dealkylation sites (N-methyl/N-ethyl adjacent to an activating group) is 1. The first-order chi connectivity index (χ1) is 13.9. The number of ether oxygens (including phenoxy) is 1. The van der Waals surface area contributed by atoms with E-state index >= 15 is 0 Å². The second-order valence-electron chi connectivity index (χ2n) is 9.10. The molecule has 1 aromatic heterocycles. The van der Waals surface area contributed by atoms with Crippen LogP contribution in [0.1, 0.15) is 53.3 Å². The third-order valence-electron chi connectivity index (χ3n) is 3.81. The van der Waals surface area contributed by atoms with Crippen LogP contribution in [0.15, 0.2) is 30.3 Å². The van der Waals surface area contributed by atoms with Crippen LogP contribution >= 0.6 is 0 Å². The highest BCUT2D eigenvalue weighted by Crippen LogP contribution is 2.18. The van der Waals surface area contributed by atoms with Crippen molar-refractivity contribution < 1.29 is 14.3 Å². The van der Waals surface area contributed by atoms with Crippen molar-refractivity contribution in [2.24, 2.45) is 0 Å². The number of rotatable bonds is 5. The lowest BCUT2D eigenvalue weighted by Crippen LogP contribution is -2.47. The second kappa shape index (κ2) is 9.15. The molecule has 9 nitrogen and oxygen atoms in total. The van der Waals surface area contributed by atoms with Crippen LogP contribution in [0.5, 0.6) is 0 Å². The van der Waals surface area contributed by atoms with E-state index in [1.807, 2.05) is 51.1 Å². The molecule has 1 unspecified atom stereocenters. The minimum Gasteiger partial charge on any atom is -0.444 e. The molecular weight excluding hydrogens is 384 g/mol. The Morgan fingerprint density at radius 3 is 2.07 bits per heavy atom. The van der Waals surface area contributed by atoms with E-state index in [2.05, 4.69) is 25.7 Å². The van der Waals surface area contributed by atoms with Gasteiger partial charge in [0.1, 0.15) is 11.5 Å². The molecule has 0 bridgehead atoms. The molecule has 30 heavy (non-hydrogen) atoms. The van der Waals surface area contributed by atoms with E-state index in [1.165, 1.54) is 4.90 Å². The maximum atomic E-state index is 12.9. The molecule has 0 aliphatic carbocycles. The van der Waals surface area contributed by atoms with Crippen LogP contribution in [0, 0.1) is 0 Å². The number of nitrogens with zero attached hydrogens (tertiary/aromatic N) is 5. The van der Waals surface area contributed by atoms with Gasteiger partial charge in [0.05, 0.1) is 0 Å². The summed E-state index contributed by atoms with van der Waals surface area (Å²) in [5.74, 6) is -0.692. The Hall–Kier alpha value is -3.10. The summed E-state index contributed by atoms with van der Waals surface area (Å²) in [6.45, 7) is 11.0. The maximum absolute atomic E-state index is 12.9. The van der Waals surface area contributed by atoms with Crippen LogP contribution in [0.25, 0.3) is 11.4 Å². The monoisotopic (exact) mass is 414 g/mol. The normalized spacial score (nSPS) is 12.8. The van der Waals surface area contributed by atoms with Crippen molar-refractivity contribution >= 4 is 12.0 Å². The van der Waals surface area contributed by atoms with E-state index in [0.717, 1.165) is 5.56 Å². The summed E-state index contributed by atoms with van der Waals surface area (Å²) in [4.78, 5) is 26.6. The molecule has 0 radical (unpaired) electrons. The number of benzene rings is 1. The molecule has 1 atom stereocenters. The number of hydrogen-bond acceptors (Lipinski definition) is 7. The average molecular weight is 415 g/mol. The van der Waals surface area contributed by atoms with Crippen LogP contribution in [0.4, 0.5) is 4.79 Å². The number of carbonyl (C=O) groups is 2. The van der Waals surface area contributed by atoms with E-state index in [0.29, 0.717) is 5.82 Å². The molecule has 162 valence electrons. The van der Waals surface area contributed by atoms with Crippen molar-refractivity contribution in [1.82, 2.24) is 30.6 Å².